The fraction of sp³-hybridized carbons (Fsp3) is 0. The van der Waals surface area contributed by atoms with Crippen LogP contribution in [0.25, 0.3) is 0 Å². The summed E-state index contributed by atoms with van der Waals surface area (Å²) < 4.78 is 2.17. The van der Waals surface area contributed by atoms with Crippen molar-refractivity contribution in [2.45, 2.75) is 0 Å². The van der Waals surface area contributed by atoms with Crippen LogP contribution in [-0.4, -0.2) is 20.9 Å². The van der Waals surface area contributed by atoms with Gasteiger partial charge in [0.15, 0.2) is 0 Å². The number of nitrogens with zero attached hydrogens (tertiary/aromatic N) is 2. The van der Waals surface area contributed by atoms with Crippen molar-refractivity contribution in [1.82, 2.24) is 0 Å². The first-order valence-corrected chi connectivity index (χ1v) is 7.34. The summed E-state index contributed by atoms with van der Waals surface area (Å²) in [6.07, 6.45) is 0. The van der Waals surface area contributed by atoms with E-state index in [2.05, 4.69) is 12.1 Å². The van der Waals surface area contributed by atoms with E-state index >= 15 is 0 Å². The molecule has 0 aliphatic rings. The fourth-order valence-electron chi connectivity index (χ4n) is 1.41. The Labute approximate surface area is 110 Å². The summed E-state index contributed by atoms with van der Waals surface area (Å²) in [6, 6.07) is 19.6. The van der Waals surface area contributed by atoms with Crippen LogP contribution in [-0.2, 0) is 0 Å². The Morgan fingerprint density at radius 2 is 1.12 bits per heavy atom. The van der Waals surface area contributed by atoms with Gasteiger partial charge in [-0.25, -0.2) is 0 Å². The number of hydrogen-bond acceptors (Lipinski definition) is 2. The molecule has 0 saturated heterocycles. The molecule has 0 radical (unpaired) electrons. The Hall–Kier alpha value is -1.79. The first-order chi connectivity index (χ1) is 8.35. The number of benzene rings is 2. The minimum absolute atomic E-state index is 0.671. The van der Waals surface area contributed by atoms with Crippen LogP contribution in [0.2, 0.25) is 0 Å². The molecule has 2 aromatic rings. The first-order valence-electron chi connectivity index (χ1n) is 5.01. The topological polar surface area (TPSA) is 47.6 Å². The van der Waals surface area contributed by atoms with Crippen molar-refractivity contribution in [2.24, 2.45) is 0 Å². The SMILES string of the molecule is N#Cc1ccccc1[Te]c1ccccc1C#N. The third-order valence-corrected chi connectivity index (χ3v) is 5.52. The van der Waals surface area contributed by atoms with Crippen molar-refractivity contribution in [3.63, 3.8) is 0 Å². The normalized spacial score (nSPS) is 9.29. The predicted molar refractivity (Wildman–Crippen MR) is 67.3 cm³/mol. The Bertz CT molecular complexity index is 565. The fourth-order valence-corrected chi connectivity index (χ4v) is 4.20. The molecule has 17 heavy (non-hydrogen) atoms. The van der Waals surface area contributed by atoms with E-state index in [1.54, 1.807) is 0 Å². The average molecular weight is 332 g/mol. The molecule has 2 aromatic carbocycles. The van der Waals surface area contributed by atoms with E-state index in [0.717, 1.165) is 18.3 Å². The molecule has 0 aliphatic heterocycles. The van der Waals surface area contributed by atoms with E-state index in [4.69, 9.17) is 10.5 Å². The van der Waals surface area contributed by atoms with E-state index < -0.39 is 20.9 Å². The Morgan fingerprint density at radius 3 is 1.53 bits per heavy atom. The Balaban J connectivity index is 2.40. The molecule has 0 spiro atoms. The van der Waals surface area contributed by atoms with Gasteiger partial charge < -0.3 is 0 Å². The zero-order valence-electron chi connectivity index (χ0n) is 8.92. The van der Waals surface area contributed by atoms with Gasteiger partial charge in [0.25, 0.3) is 0 Å². The molecule has 0 bridgehead atoms. The molecule has 0 aliphatic carbocycles. The molecule has 0 heterocycles. The summed E-state index contributed by atoms with van der Waals surface area (Å²) in [5, 5.41) is 18.1. The zero-order valence-corrected chi connectivity index (χ0v) is 11.3. The van der Waals surface area contributed by atoms with Gasteiger partial charge in [-0.3, -0.25) is 0 Å². The van der Waals surface area contributed by atoms with Crippen molar-refractivity contribution in [3.8, 4) is 12.1 Å². The monoisotopic (exact) mass is 334 g/mol. The van der Waals surface area contributed by atoms with Crippen molar-refractivity contribution in [3.05, 3.63) is 59.7 Å². The standard InChI is InChI=1S/C14H8N2Te/c15-9-11-5-1-3-7-13(11)17-14-8-4-2-6-12(14)10-16/h1-8H. The summed E-state index contributed by atoms with van der Waals surface area (Å²) >= 11 is -0.671. The molecule has 2 nitrogen and oxygen atoms in total. The van der Waals surface area contributed by atoms with Crippen molar-refractivity contribution >= 4 is 28.1 Å². The van der Waals surface area contributed by atoms with Gasteiger partial charge in [0, 0.05) is 0 Å². The van der Waals surface area contributed by atoms with Gasteiger partial charge in [0.1, 0.15) is 0 Å². The second-order valence-corrected chi connectivity index (χ2v) is 6.41. The minimum atomic E-state index is -0.671. The quantitative estimate of drug-likeness (QED) is 0.773. The number of hydrogen-bond donors (Lipinski definition) is 0. The van der Waals surface area contributed by atoms with Crippen LogP contribution in [0.4, 0.5) is 0 Å². The van der Waals surface area contributed by atoms with Gasteiger partial charge in [0.05, 0.1) is 0 Å². The molecule has 0 unspecified atom stereocenters. The molecular weight excluding hydrogens is 324 g/mol. The van der Waals surface area contributed by atoms with Crippen LogP contribution < -0.4 is 7.22 Å². The molecule has 0 fully saturated rings. The van der Waals surface area contributed by atoms with Gasteiger partial charge in [-0.05, 0) is 0 Å². The van der Waals surface area contributed by atoms with Gasteiger partial charge in [0.2, 0.25) is 0 Å². The summed E-state index contributed by atoms with van der Waals surface area (Å²) in [4.78, 5) is 0. The van der Waals surface area contributed by atoms with Gasteiger partial charge in [-0.2, -0.15) is 0 Å². The molecular formula is C14H8N2Te. The summed E-state index contributed by atoms with van der Waals surface area (Å²) in [5.41, 5.74) is 1.45. The van der Waals surface area contributed by atoms with Crippen LogP contribution >= 0.6 is 0 Å². The summed E-state index contributed by atoms with van der Waals surface area (Å²) in [7, 11) is 0. The van der Waals surface area contributed by atoms with E-state index in [-0.39, 0.29) is 0 Å². The summed E-state index contributed by atoms with van der Waals surface area (Å²) in [6.45, 7) is 0. The first kappa shape index (κ1) is 11.7. The van der Waals surface area contributed by atoms with E-state index in [1.807, 2.05) is 48.5 Å². The van der Waals surface area contributed by atoms with Crippen molar-refractivity contribution < 1.29 is 0 Å². The third-order valence-electron chi connectivity index (χ3n) is 2.23. The van der Waals surface area contributed by atoms with E-state index in [0.29, 0.717) is 0 Å². The van der Waals surface area contributed by atoms with Crippen molar-refractivity contribution in [2.75, 3.05) is 0 Å². The number of rotatable bonds is 2. The van der Waals surface area contributed by atoms with Crippen molar-refractivity contribution in [1.29, 1.82) is 10.5 Å². The van der Waals surface area contributed by atoms with Gasteiger partial charge in [-0.15, -0.1) is 0 Å². The molecule has 0 atom stereocenters. The van der Waals surface area contributed by atoms with Crippen LogP contribution in [0, 0.1) is 22.7 Å². The van der Waals surface area contributed by atoms with Crippen LogP contribution in [0.3, 0.4) is 0 Å². The van der Waals surface area contributed by atoms with Crippen LogP contribution in [0.1, 0.15) is 11.1 Å². The Kier molecular flexibility index (Phi) is 3.79. The third kappa shape index (κ3) is 2.66. The van der Waals surface area contributed by atoms with E-state index in [1.165, 1.54) is 0 Å². The maximum atomic E-state index is 9.03. The van der Waals surface area contributed by atoms with Gasteiger partial charge >= 0.3 is 110 Å². The summed E-state index contributed by atoms with van der Waals surface area (Å²) in [5.74, 6) is 0. The maximum absolute atomic E-state index is 9.03. The molecule has 3 heteroatoms. The zero-order chi connectivity index (χ0) is 12.1. The molecule has 80 valence electrons. The molecule has 2 rings (SSSR count). The second-order valence-electron chi connectivity index (χ2n) is 3.32. The molecule has 0 amide bonds. The van der Waals surface area contributed by atoms with Crippen LogP contribution in [0.5, 0.6) is 0 Å². The van der Waals surface area contributed by atoms with Gasteiger partial charge in [-0.1, -0.05) is 0 Å². The number of nitriles is 2. The van der Waals surface area contributed by atoms with E-state index in [9.17, 15) is 0 Å². The molecule has 0 N–H and O–H groups in total. The second kappa shape index (κ2) is 5.51. The Morgan fingerprint density at radius 1 is 0.706 bits per heavy atom. The van der Waals surface area contributed by atoms with Crippen LogP contribution in [0.15, 0.2) is 48.5 Å². The average Bonchev–Trinajstić information content (AvgIpc) is 2.40. The molecule has 0 saturated carbocycles. The predicted octanol–water partition coefficient (Wildman–Crippen LogP) is 1.08. The molecule has 0 aromatic heterocycles.